The van der Waals surface area contributed by atoms with Gasteiger partial charge in [-0.15, -0.1) is 0 Å². The Kier molecular flexibility index (Phi) is 3.38. The highest BCUT2D eigenvalue weighted by Crippen LogP contribution is 2.53. The van der Waals surface area contributed by atoms with Crippen LogP contribution in [-0.4, -0.2) is 14.7 Å². The van der Waals surface area contributed by atoms with Gasteiger partial charge in [-0.25, -0.2) is 4.98 Å². The second kappa shape index (κ2) is 5.17. The zero-order valence-electron chi connectivity index (χ0n) is 11.2. The number of imidazole rings is 1. The largest absolute Gasteiger partial charge is 0.387 e. The van der Waals surface area contributed by atoms with Crippen LogP contribution < -0.4 is 0 Å². The van der Waals surface area contributed by atoms with Gasteiger partial charge in [0.1, 0.15) is 0 Å². The molecule has 3 rings (SSSR count). The van der Waals surface area contributed by atoms with Gasteiger partial charge in [0.2, 0.25) is 0 Å². The van der Waals surface area contributed by atoms with Gasteiger partial charge in [-0.1, -0.05) is 37.3 Å². The molecule has 1 saturated carbocycles. The first-order valence-electron chi connectivity index (χ1n) is 7.04. The highest BCUT2D eigenvalue weighted by Gasteiger charge is 2.44. The van der Waals surface area contributed by atoms with E-state index in [1.54, 1.807) is 6.20 Å². The van der Waals surface area contributed by atoms with Crippen LogP contribution in [0.25, 0.3) is 0 Å². The van der Waals surface area contributed by atoms with E-state index in [-0.39, 0.29) is 6.10 Å². The van der Waals surface area contributed by atoms with E-state index in [1.807, 2.05) is 12.4 Å². The van der Waals surface area contributed by atoms with Gasteiger partial charge >= 0.3 is 0 Å². The van der Waals surface area contributed by atoms with Crippen molar-refractivity contribution in [2.75, 3.05) is 0 Å². The minimum Gasteiger partial charge on any atom is -0.387 e. The molecule has 3 heteroatoms. The quantitative estimate of drug-likeness (QED) is 0.892. The third-order valence-electron chi connectivity index (χ3n) is 3.99. The lowest BCUT2D eigenvalue weighted by Gasteiger charge is -2.13. The van der Waals surface area contributed by atoms with Gasteiger partial charge in [0, 0.05) is 6.54 Å². The summed E-state index contributed by atoms with van der Waals surface area (Å²) >= 11 is 0. The molecule has 2 aromatic rings. The Morgan fingerprint density at radius 1 is 1.37 bits per heavy atom. The normalized spacial score (nSPS) is 23.3. The molecule has 0 spiro atoms. The molecular weight excluding hydrogens is 236 g/mol. The minimum atomic E-state index is -0.390. The van der Waals surface area contributed by atoms with Gasteiger partial charge in [0.15, 0.2) is 0 Å². The summed E-state index contributed by atoms with van der Waals surface area (Å²) in [6, 6.07) is 10.5. The fourth-order valence-electron chi connectivity index (χ4n) is 2.87. The van der Waals surface area contributed by atoms with Crippen molar-refractivity contribution in [3.63, 3.8) is 0 Å². The summed E-state index contributed by atoms with van der Waals surface area (Å²) in [7, 11) is 0. The summed E-state index contributed by atoms with van der Waals surface area (Å²) < 4.78 is 2.07. The van der Waals surface area contributed by atoms with Crippen LogP contribution in [0.15, 0.2) is 42.9 Å². The number of nitrogens with zero attached hydrogens (tertiary/aromatic N) is 2. The molecule has 0 amide bonds. The van der Waals surface area contributed by atoms with Crippen LogP contribution >= 0.6 is 0 Å². The molecule has 100 valence electrons. The standard InChI is InChI=1S/C16H20N2O/c1-2-8-18-11-17-10-15(18)16(19)14-9-13(14)12-6-4-3-5-7-12/h3-7,10-11,13-14,16,19H,2,8-9H2,1H3. The Hall–Kier alpha value is -1.61. The number of rotatable bonds is 5. The molecule has 1 aliphatic carbocycles. The fourth-order valence-corrected chi connectivity index (χ4v) is 2.87. The molecule has 1 fully saturated rings. The maximum absolute atomic E-state index is 10.5. The summed E-state index contributed by atoms with van der Waals surface area (Å²) in [5.74, 6) is 0.843. The molecule has 1 aliphatic rings. The van der Waals surface area contributed by atoms with Gasteiger partial charge < -0.3 is 9.67 Å². The molecule has 1 heterocycles. The SMILES string of the molecule is CCCn1cncc1C(O)C1CC1c1ccccc1. The van der Waals surface area contributed by atoms with Crippen molar-refractivity contribution >= 4 is 0 Å². The van der Waals surface area contributed by atoms with Crippen molar-refractivity contribution in [1.29, 1.82) is 0 Å². The summed E-state index contributed by atoms with van der Waals surface area (Å²) in [4.78, 5) is 4.17. The van der Waals surface area contributed by atoms with Crippen LogP contribution in [0.4, 0.5) is 0 Å². The number of aliphatic hydroxyl groups excluding tert-OH is 1. The number of hydrogen-bond donors (Lipinski definition) is 1. The Morgan fingerprint density at radius 3 is 2.89 bits per heavy atom. The Labute approximate surface area is 113 Å². The third-order valence-corrected chi connectivity index (χ3v) is 3.99. The minimum absolute atomic E-state index is 0.342. The van der Waals surface area contributed by atoms with E-state index in [0.717, 1.165) is 25.1 Å². The molecule has 0 aliphatic heterocycles. The van der Waals surface area contributed by atoms with Crippen molar-refractivity contribution < 1.29 is 5.11 Å². The summed E-state index contributed by atoms with van der Waals surface area (Å²) in [6.07, 6.45) is 5.37. The number of benzene rings is 1. The van der Waals surface area contributed by atoms with Crippen molar-refractivity contribution in [2.45, 2.75) is 38.3 Å². The monoisotopic (exact) mass is 256 g/mol. The molecule has 3 atom stereocenters. The van der Waals surface area contributed by atoms with Crippen LogP contribution in [-0.2, 0) is 6.54 Å². The highest BCUT2D eigenvalue weighted by atomic mass is 16.3. The van der Waals surface area contributed by atoms with Crippen molar-refractivity contribution in [3.05, 3.63) is 54.1 Å². The molecule has 1 aromatic heterocycles. The van der Waals surface area contributed by atoms with Gasteiger partial charge in [-0.3, -0.25) is 0 Å². The summed E-state index contributed by atoms with van der Waals surface area (Å²) in [5, 5.41) is 10.5. The number of hydrogen-bond acceptors (Lipinski definition) is 2. The van der Waals surface area contributed by atoms with E-state index in [9.17, 15) is 5.11 Å². The maximum atomic E-state index is 10.5. The average molecular weight is 256 g/mol. The van der Waals surface area contributed by atoms with E-state index in [2.05, 4.69) is 40.7 Å². The molecule has 1 N–H and O–H groups in total. The topological polar surface area (TPSA) is 38.0 Å². The van der Waals surface area contributed by atoms with Crippen molar-refractivity contribution in [3.8, 4) is 0 Å². The summed E-state index contributed by atoms with van der Waals surface area (Å²) in [5.41, 5.74) is 2.30. The first-order chi connectivity index (χ1) is 9.31. The molecule has 19 heavy (non-hydrogen) atoms. The highest BCUT2D eigenvalue weighted by molar-refractivity contribution is 5.27. The van der Waals surface area contributed by atoms with E-state index in [4.69, 9.17) is 0 Å². The number of aryl methyl sites for hydroxylation is 1. The van der Waals surface area contributed by atoms with E-state index in [1.165, 1.54) is 5.56 Å². The lowest BCUT2D eigenvalue weighted by Crippen LogP contribution is -2.09. The summed E-state index contributed by atoms with van der Waals surface area (Å²) in [6.45, 7) is 3.06. The Bertz CT molecular complexity index is 535. The lowest BCUT2D eigenvalue weighted by molar-refractivity contribution is 0.142. The Morgan fingerprint density at radius 2 is 2.16 bits per heavy atom. The fraction of sp³-hybridized carbons (Fsp3) is 0.438. The average Bonchev–Trinajstić information content (AvgIpc) is 3.12. The zero-order chi connectivity index (χ0) is 13.2. The molecular formula is C16H20N2O. The first-order valence-corrected chi connectivity index (χ1v) is 7.04. The Balaban J connectivity index is 1.72. The molecule has 3 unspecified atom stereocenters. The molecule has 3 nitrogen and oxygen atoms in total. The zero-order valence-corrected chi connectivity index (χ0v) is 11.2. The number of aromatic nitrogens is 2. The van der Waals surface area contributed by atoms with Gasteiger partial charge in [-0.2, -0.15) is 0 Å². The second-order valence-electron chi connectivity index (χ2n) is 5.37. The van der Waals surface area contributed by atoms with Crippen LogP contribution in [0.1, 0.15) is 43.0 Å². The molecule has 0 radical (unpaired) electrons. The van der Waals surface area contributed by atoms with E-state index < -0.39 is 0 Å². The smallest absolute Gasteiger partial charge is 0.0989 e. The predicted molar refractivity (Wildman–Crippen MR) is 74.8 cm³/mol. The first kappa shape index (κ1) is 12.4. The maximum Gasteiger partial charge on any atom is 0.0989 e. The van der Waals surface area contributed by atoms with Crippen LogP contribution in [0.5, 0.6) is 0 Å². The second-order valence-corrected chi connectivity index (χ2v) is 5.37. The number of aliphatic hydroxyl groups is 1. The van der Waals surface area contributed by atoms with E-state index in [0.29, 0.717) is 11.8 Å². The lowest BCUT2D eigenvalue weighted by atomic mass is 10.1. The van der Waals surface area contributed by atoms with Crippen LogP contribution in [0, 0.1) is 5.92 Å². The predicted octanol–water partition coefficient (Wildman–Crippen LogP) is 3.13. The third kappa shape index (κ3) is 2.43. The van der Waals surface area contributed by atoms with Crippen LogP contribution in [0.3, 0.4) is 0 Å². The molecule has 1 aromatic carbocycles. The van der Waals surface area contributed by atoms with Crippen molar-refractivity contribution in [1.82, 2.24) is 9.55 Å². The van der Waals surface area contributed by atoms with Gasteiger partial charge in [-0.05, 0) is 30.2 Å². The van der Waals surface area contributed by atoms with E-state index >= 15 is 0 Å². The van der Waals surface area contributed by atoms with Gasteiger partial charge in [0.05, 0.1) is 24.3 Å². The van der Waals surface area contributed by atoms with Gasteiger partial charge in [0.25, 0.3) is 0 Å². The molecule has 0 bridgehead atoms. The van der Waals surface area contributed by atoms with Crippen LogP contribution in [0.2, 0.25) is 0 Å². The molecule has 0 saturated heterocycles. The van der Waals surface area contributed by atoms with Crippen molar-refractivity contribution in [2.24, 2.45) is 5.92 Å².